The maximum absolute atomic E-state index is 12.3. The van der Waals surface area contributed by atoms with Gasteiger partial charge in [-0.2, -0.15) is 0 Å². The zero-order chi connectivity index (χ0) is 16.9. The van der Waals surface area contributed by atoms with Crippen molar-refractivity contribution in [2.75, 3.05) is 18.8 Å². The van der Waals surface area contributed by atoms with Crippen molar-refractivity contribution in [3.05, 3.63) is 65.2 Å². The van der Waals surface area contributed by atoms with Crippen LogP contribution in [0.15, 0.2) is 48.5 Å². The Balaban J connectivity index is 0.00000169. The van der Waals surface area contributed by atoms with Crippen molar-refractivity contribution in [1.29, 1.82) is 0 Å². The molecule has 3 rings (SSSR count). The molecule has 1 saturated heterocycles. The molecule has 0 atom stereocenters. The number of anilines is 1. The van der Waals surface area contributed by atoms with E-state index in [-0.39, 0.29) is 36.8 Å². The SMILES string of the molecule is Cc1ccccc1CN1CCC(NC(=O)c2ccccc2N)CC1.Cl.Cl. The summed E-state index contributed by atoms with van der Waals surface area (Å²) >= 11 is 0. The Hall–Kier alpha value is -1.75. The van der Waals surface area contributed by atoms with Crippen LogP contribution in [0.25, 0.3) is 0 Å². The van der Waals surface area contributed by atoms with E-state index in [4.69, 9.17) is 5.73 Å². The van der Waals surface area contributed by atoms with Crippen molar-refractivity contribution in [2.24, 2.45) is 0 Å². The monoisotopic (exact) mass is 395 g/mol. The Morgan fingerprint density at radius 1 is 1.08 bits per heavy atom. The van der Waals surface area contributed by atoms with Crippen molar-refractivity contribution in [3.8, 4) is 0 Å². The molecule has 0 aromatic heterocycles. The van der Waals surface area contributed by atoms with Gasteiger partial charge in [-0.15, -0.1) is 24.8 Å². The van der Waals surface area contributed by atoms with Crippen LogP contribution in [-0.4, -0.2) is 29.9 Å². The molecule has 2 aromatic rings. The lowest BCUT2D eigenvalue weighted by molar-refractivity contribution is 0.0910. The number of nitrogen functional groups attached to an aromatic ring is 1. The molecule has 0 bridgehead atoms. The number of benzene rings is 2. The van der Waals surface area contributed by atoms with E-state index in [2.05, 4.69) is 41.4 Å². The lowest BCUT2D eigenvalue weighted by Crippen LogP contribution is -2.44. The van der Waals surface area contributed by atoms with Gasteiger partial charge in [0.2, 0.25) is 0 Å². The van der Waals surface area contributed by atoms with Crippen LogP contribution in [0.4, 0.5) is 5.69 Å². The first-order valence-electron chi connectivity index (χ1n) is 8.55. The smallest absolute Gasteiger partial charge is 0.253 e. The number of nitrogens with two attached hydrogens (primary N) is 1. The first-order valence-corrected chi connectivity index (χ1v) is 8.55. The van der Waals surface area contributed by atoms with E-state index in [1.807, 2.05) is 12.1 Å². The Morgan fingerprint density at radius 3 is 2.35 bits per heavy atom. The highest BCUT2D eigenvalue weighted by Gasteiger charge is 2.22. The second-order valence-corrected chi connectivity index (χ2v) is 6.54. The zero-order valence-electron chi connectivity index (χ0n) is 15.0. The minimum atomic E-state index is -0.0644. The van der Waals surface area contributed by atoms with Crippen LogP contribution in [-0.2, 0) is 6.54 Å². The van der Waals surface area contributed by atoms with Crippen molar-refractivity contribution in [3.63, 3.8) is 0 Å². The third kappa shape index (κ3) is 5.63. The molecule has 1 aliphatic heterocycles. The minimum absolute atomic E-state index is 0. The van der Waals surface area contributed by atoms with Gasteiger partial charge in [-0.25, -0.2) is 0 Å². The molecule has 4 nitrogen and oxygen atoms in total. The summed E-state index contributed by atoms with van der Waals surface area (Å²) in [7, 11) is 0. The molecule has 1 aliphatic rings. The van der Waals surface area contributed by atoms with Crippen LogP contribution in [0.5, 0.6) is 0 Å². The quantitative estimate of drug-likeness (QED) is 0.773. The summed E-state index contributed by atoms with van der Waals surface area (Å²) in [6.07, 6.45) is 1.95. The number of aryl methyl sites for hydroxylation is 1. The molecule has 1 amide bonds. The summed E-state index contributed by atoms with van der Waals surface area (Å²) < 4.78 is 0. The average Bonchev–Trinajstić information content (AvgIpc) is 2.59. The number of amides is 1. The molecule has 1 fully saturated rings. The van der Waals surface area contributed by atoms with Gasteiger partial charge in [-0.05, 0) is 43.0 Å². The third-order valence-electron chi connectivity index (χ3n) is 4.78. The molecular formula is C20H27Cl2N3O. The van der Waals surface area contributed by atoms with E-state index >= 15 is 0 Å². The number of nitrogens with one attached hydrogen (secondary N) is 1. The molecule has 0 unspecified atom stereocenters. The standard InChI is InChI=1S/C20H25N3O.2ClH/c1-15-6-2-3-7-16(15)14-23-12-10-17(11-13-23)22-20(24)18-8-4-5-9-19(18)21;;/h2-9,17H,10-14,21H2,1H3,(H,22,24);2*1H. The van der Waals surface area contributed by atoms with Gasteiger partial charge < -0.3 is 11.1 Å². The number of carbonyl (C=O) groups is 1. The first-order chi connectivity index (χ1) is 11.6. The molecule has 0 radical (unpaired) electrons. The van der Waals surface area contributed by atoms with Crippen LogP contribution in [0, 0.1) is 6.92 Å². The molecule has 6 heteroatoms. The van der Waals surface area contributed by atoms with E-state index in [1.54, 1.807) is 12.1 Å². The molecule has 26 heavy (non-hydrogen) atoms. The van der Waals surface area contributed by atoms with Crippen molar-refractivity contribution in [1.82, 2.24) is 10.2 Å². The fraction of sp³-hybridized carbons (Fsp3) is 0.350. The van der Waals surface area contributed by atoms with Gasteiger partial charge in [0.15, 0.2) is 0 Å². The summed E-state index contributed by atoms with van der Waals surface area (Å²) in [5.41, 5.74) is 9.71. The predicted octanol–water partition coefficient (Wildman–Crippen LogP) is 3.82. The van der Waals surface area contributed by atoms with Gasteiger partial charge in [-0.3, -0.25) is 9.69 Å². The van der Waals surface area contributed by atoms with Gasteiger partial charge in [0, 0.05) is 31.4 Å². The molecule has 2 aromatic carbocycles. The fourth-order valence-electron chi connectivity index (χ4n) is 3.23. The lowest BCUT2D eigenvalue weighted by atomic mass is 10.0. The molecule has 3 N–H and O–H groups in total. The number of piperidine rings is 1. The molecule has 0 aliphatic carbocycles. The maximum atomic E-state index is 12.3. The summed E-state index contributed by atoms with van der Waals surface area (Å²) in [6.45, 7) is 5.15. The van der Waals surface area contributed by atoms with Gasteiger partial charge in [0.1, 0.15) is 0 Å². The van der Waals surface area contributed by atoms with Crippen molar-refractivity contribution < 1.29 is 4.79 Å². The maximum Gasteiger partial charge on any atom is 0.253 e. The Morgan fingerprint density at radius 2 is 1.69 bits per heavy atom. The minimum Gasteiger partial charge on any atom is -0.398 e. The second kappa shape index (κ2) is 10.4. The number of hydrogen-bond donors (Lipinski definition) is 2. The van der Waals surface area contributed by atoms with Crippen molar-refractivity contribution in [2.45, 2.75) is 32.4 Å². The average molecular weight is 396 g/mol. The fourth-order valence-corrected chi connectivity index (χ4v) is 3.23. The number of nitrogens with zero attached hydrogens (tertiary/aromatic N) is 1. The van der Waals surface area contributed by atoms with Crippen molar-refractivity contribution >= 4 is 36.4 Å². The van der Waals surface area contributed by atoms with Gasteiger partial charge in [-0.1, -0.05) is 36.4 Å². The van der Waals surface area contributed by atoms with Crippen LogP contribution in [0.3, 0.4) is 0 Å². The van der Waals surface area contributed by atoms with Gasteiger partial charge >= 0.3 is 0 Å². The molecule has 142 valence electrons. The summed E-state index contributed by atoms with van der Waals surface area (Å²) in [5, 5.41) is 3.13. The zero-order valence-corrected chi connectivity index (χ0v) is 16.6. The lowest BCUT2D eigenvalue weighted by Gasteiger charge is -2.32. The predicted molar refractivity (Wildman–Crippen MR) is 112 cm³/mol. The Bertz CT molecular complexity index is 716. The van der Waals surface area contributed by atoms with Gasteiger partial charge in [0.05, 0.1) is 5.56 Å². The normalized spacial score (nSPS) is 14.8. The summed E-state index contributed by atoms with van der Waals surface area (Å²) in [5.74, 6) is -0.0644. The molecule has 1 heterocycles. The van der Waals surface area contributed by atoms with Crippen LogP contribution in [0.2, 0.25) is 0 Å². The Labute approximate surface area is 168 Å². The number of halogens is 2. The number of para-hydroxylation sites is 1. The van der Waals surface area contributed by atoms with E-state index in [0.717, 1.165) is 32.5 Å². The first kappa shape index (κ1) is 22.3. The van der Waals surface area contributed by atoms with E-state index < -0.39 is 0 Å². The van der Waals surface area contributed by atoms with Crippen LogP contribution in [0.1, 0.15) is 34.3 Å². The van der Waals surface area contributed by atoms with Crippen LogP contribution >= 0.6 is 24.8 Å². The second-order valence-electron chi connectivity index (χ2n) is 6.54. The number of rotatable bonds is 4. The number of likely N-dealkylation sites (tertiary alicyclic amines) is 1. The van der Waals surface area contributed by atoms with Crippen LogP contribution < -0.4 is 11.1 Å². The van der Waals surface area contributed by atoms with E-state index in [1.165, 1.54) is 11.1 Å². The highest BCUT2D eigenvalue weighted by atomic mass is 35.5. The molecular weight excluding hydrogens is 369 g/mol. The third-order valence-corrected chi connectivity index (χ3v) is 4.78. The van der Waals surface area contributed by atoms with Gasteiger partial charge in [0.25, 0.3) is 5.91 Å². The molecule has 0 saturated carbocycles. The number of hydrogen-bond acceptors (Lipinski definition) is 3. The summed E-state index contributed by atoms with van der Waals surface area (Å²) in [4.78, 5) is 14.8. The highest BCUT2D eigenvalue weighted by Crippen LogP contribution is 2.17. The van der Waals surface area contributed by atoms with E-state index in [0.29, 0.717) is 11.3 Å². The molecule has 0 spiro atoms. The Kier molecular flexibility index (Phi) is 8.93. The highest BCUT2D eigenvalue weighted by molar-refractivity contribution is 5.99. The van der Waals surface area contributed by atoms with E-state index in [9.17, 15) is 4.79 Å². The topological polar surface area (TPSA) is 58.4 Å². The summed E-state index contributed by atoms with van der Waals surface area (Å²) in [6, 6.07) is 16.0. The largest absolute Gasteiger partial charge is 0.398 e. The number of carbonyl (C=O) groups excluding carboxylic acids is 1.